The van der Waals surface area contributed by atoms with E-state index in [1.54, 1.807) is 0 Å². The molecule has 0 bridgehead atoms. The highest BCUT2D eigenvalue weighted by atomic mass is 16.2. The van der Waals surface area contributed by atoms with Gasteiger partial charge in [-0.1, -0.05) is 36.8 Å². The Morgan fingerprint density at radius 1 is 1.25 bits per heavy atom. The highest BCUT2D eigenvalue weighted by molar-refractivity contribution is 5.80. The summed E-state index contributed by atoms with van der Waals surface area (Å²) in [6, 6.07) is 8.76. The van der Waals surface area contributed by atoms with Gasteiger partial charge in [-0.05, 0) is 31.7 Å². The summed E-state index contributed by atoms with van der Waals surface area (Å²) in [6.07, 6.45) is 3.49. The third-order valence-corrected chi connectivity index (χ3v) is 5.76. The van der Waals surface area contributed by atoms with Gasteiger partial charge in [-0.2, -0.15) is 15.4 Å². The maximum atomic E-state index is 13.0. The van der Waals surface area contributed by atoms with Crippen molar-refractivity contribution in [3.05, 3.63) is 46.8 Å². The Kier molecular flexibility index (Phi) is 3.66. The first kappa shape index (κ1) is 15.4. The molecule has 1 aliphatic carbocycles. The van der Waals surface area contributed by atoms with E-state index in [0.717, 1.165) is 50.2 Å². The SMILES string of the molecule is Cc1ccc([C@]2(C)CCN(C(=O)[C@H]3CCc4n[nH]nc4C3)C2)cc1. The molecule has 24 heavy (non-hydrogen) atoms. The smallest absolute Gasteiger partial charge is 0.226 e. The molecule has 0 saturated carbocycles. The summed E-state index contributed by atoms with van der Waals surface area (Å²) >= 11 is 0. The Labute approximate surface area is 142 Å². The topological polar surface area (TPSA) is 61.9 Å². The van der Waals surface area contributed by atoms with Crippen LogP contribution >= 0.6 is 0 Å². The van der Waals surface area contributed by atoms with Crippen molar-refractivity contribution in [3.63, 3.8) is 0 Å². The standard InChI is InChI=1S/C19H24N4O/c1-13-3-6-15(7-4-13)19(2)9-10-23(12-19)18(24)14-5-8-16-17(11-14)21-22-20-16/h3-4,6-7,14H,5,8-12H2,1-2H3,(H,20,21,22)/t14-,19+/m0/s1. The van der Waals surface area contributed by atoms with E-state index in [9.17, 15) is 4.79 Å². The van der Waals surface area contributed by atoms with Gasteiger partial charge in [0, 0.05) is 30.8 Å². The second kappa shape index (κ2) is 5.72. The number of carbonyl (C=O) groups is 1. The van der Waals surface area contributed by atoms with Gasteiger partial charge < -0.3 is 4.90 Å². The largest absolute Gasteiger partial charge is 0.342 e. The number of aryl methyl sites for hydroxylation is 2. The minimum atomic E-state index is 0.0583. The van der Waals surface area contributed by atoms with Gasteiger partial charge in [0.2, 0.25) is 5.91 Å². The normalized spacial score (nSPS) is 26.4. The number of H-pyrrole nitrogens is 1. The number of carbonyl (C=O) groups excluding carboxylic acids is 1. The molecule has 0 radical (unpaired) electrons. The number of amides is 1. The number of nitrogens with one attached hydrogen (secondary N) is 1. The number of aromatic amines is 1. The first-order valence-corrected chi connectivity index (χ1v) is 8.80. The van der Waals surface area contributed by atoms with Crippen molar-refractivity contribution in [2.24, 2.45) is 5.92 Å². The molecule has 1 aromatic carbocycles. The second-order valence-electron chi connectivity index (χ2n) is 7.59. The molecule has 1 fully saturated rings. The van der Waals surface area contributed by atoms with Crippen LogP contribution in [-0.4, -0.2) is 39.3 Å². The zero-order valence-corrected chi connectivity index (χ0v) is 14.4. The zero-order chi connectivity index (χ0) is 16.7. The van der Waals surface area contributed by atoms with Crippen molar-refractivity contribution >= 4 is 5.91 Å². The van der Waals surface area contributed by atoms with Gasteiger partial charge in [-0.3, -0.25) is 4.79 Å². The number of nitrogens with zero attached hydrogens (tertiary/aromatic N) is 3. The highest BCUT2D eigenvalue weighted by Gasteiger charge is 2.40. The van der Waals surface area contributed by atoms with Crippen molar-refractivity contribution in [1.29, 1.82) is 0 Å². The molecule has 2 aromatic rings. The molecule has 1 aromatic heterocycles. The number of aromatic nitrogens is 3. The molecule has 5 nitrogen and oxygen atoms in total. The van der Waals surface area contributed by atoms with E-state index in [2.05, 4.69) is 58.4 Å². The Bertz CT molecular complexity index is 751. The van der Waals surface area contributed by atoms with Crippen LogP contribution in [0.3, 0.4) is 0 Å². The van der Waals surface area contributed by atoms with E-state index in [-0.39, 0.29) is 11.3 Å². The Hall–Kier alpha value is -2.17. The van der Waals surface area contributed by atoms with Gasteiger partial charge in [-0.15, -0.1) is 0 Å². The summed E-state index contributed by atoms with van der Waals surface area (Å²) in [5, 5.41) is 11.0. The molecule has 5 heteroatoms. The molecule has 126 valence electrons. The van der Waals surface area contributed by atoms with Crippen molar-refractivity contribution in [2.45, 2.75) is 44.9 Å². The van der Waals surface area contributed by atoms with Gasteiger partial charge in [0.15, 0.2) is 0 Å². The maximum absolute atomic E-state index is 13.0. The lowest BCUT2D eigenvalue weighted by molar-refractivity contribution is -0.135. The molecular weight excluding hydrogens is 300 g/mol. The molecular formula is C19H24N4O. The fraction of sp³-hybridized carbons (Fsp3) is 0.526. The summed E-state index contributed by atoms with van der Waals surface area (Å²) in [5.41, 5.74) is 4.69. The summed E-state index contributed by atoms with van der Waals surface area (Å²) in [7, 11) is 0. The first-order chi connectivity index (χ1) is 11.5. The van der Waals surface area contributed by atoms with Gasteiger partial charge in [0.05, 0.1) is 11.4 Å². The summed E-state index contributed by atoms with van der Waals surface area (Å²) in [6.45, 7) is 6.06. The lowest BCUT2D eigenvalue weighted by atomic mass is 9.81. The molecule has 1 aliphatic heterocycles. The van der Waals surface area contributed by atoms with Gasteiger partial charge in [0.1, 0.15) is 0 Å². The van der Waals surface area contributed by atoms with Crippen LogP contribution in [0.5, 0.6) is 0 Å². The lowest BCUT2D eigenvalue weighted by Crippen LogP contribution is -2.38. The number of hydrogen-bond acceptors (Lipinski definition) is 3. The molecule has 2 atom stereocenters. The molecule has 4 rings (SSSR count). The van der Waals surface area contributed by atoms with Crippen molar-refractivity contribution < 1.29 is 4.79 Å². The van der Waals surface area contributed by atoms with Crippen LogP contribution < -0.4 is 0 Å². The number of rotatable bonds is 2. The number of hydrogen-bond donors (Lipinski definition) is 1. The van der Waals surface area contributed by atoms with Crippen molar-refractivity contribution in [3.8, 4) is 0 Å². The predicted octanol–water partition coefficient (Wildman–Crippen LogP) is 2.41. The molecule has 1 saturated heterocycles. The van der Waals surface area contributed by atoms with Crippen molar-refractivity contribution in [2.75, 3.05) is 13.1 Å². The van der Waals surface area contributed by atoms with Gasteiger partial charge in [-0.25, -0.2) is 0 Å². The molecule has 1 amide bonds. The number of benzene rings is 1. The van der Waals surface area contributed by atoms with Crippen molar-refractivity contribution in [1.82, 2.24) is 20.3 Å². The summed E-state index contributed by atoms with van der Waals surface area (Å²) in [4.78, 5) is 15.0. The van der Waals surface area contributed by atoms with E-state index >= 15 is 0 Å². The van der Waals surface area contributed by atoms with E-state index < -0.39 is 0 Å². The molecule has 2 heterocycles. The summed E-state index contributed by atoms with van der Waals surface area (Å²) in [5.74, 6) is 0.349. The van der Waals surface area contributed by atoms with Crippen LogP contribution in [-0.2, 0) is 23.1 Å². The third-order valence-electron chi connectivity index (χ3n) is 5.76. The average Bonchev–Trinajstić information content (AvgIpc) is 3.21. The highest BCUT2D eigenvalue weighted by Crippen LogP contribution is 2.36. The Balaban J connectivity index is 1.46. The third kappa shape index (κ3) is 2.62. The van der Waals surface area contributed by atoms with Crippen LogP contribution in [0.25, 0.3) is 0 Å². The van der Waals surface area contributed by atoms with Crippen LogP contribution in [0, 0.1) is 12.8 Å². The fourth-order valence-electron chi connectivity index (χ4n) is 4.09. The first-order valence-electron chi connectivity index (χ1n) is 8.80. The molecule has 1 N–H and O–H groups in total. The van der Waals surface area contributed by atoms with E-state index in [0.29, 0.717) is 5.91 Å². The number of fused-ring (bicyclic) bond motifs is 1. The monoisotopic (exact) mass is 324 g/mol. The Morgan fingerprint density at radius 2 is 2.00 bits per heavy atom. The van der Waals surface area contributed by atoms with E-state index in [4.69, 9.17) is 0 Å². The molecule has 0 spiro atoms. The minimum absolute atomic E-state index is 0.0583. The van der Waals surface area contributed by atoms with Gasteiger partial charge in [0.25, 0.3) is 0 Å². The summed E-state index contributed by atoms with van der Waals surface area (Å²) < 4.78 is 0. The van der Waals surface area contributed by atoms with E-state index in [1.807, 2.05) is 0 Å². The number of likely N-dealkylation sites (tertiary alicyclic amines) is 1. The Morgan fingerprint density at radius 3 is 2.79 bits per heavy atom. The second-order valence-corrected chi connectivity index (χ2v) is 7.59. The average molecular weight is 324 g/mol. The lowest BCUT2D eigenvalue weighted by Gasteiger charge is -2.28. The van der Waals surface area contributed by atoms with Crippen LogP contribution in [0.1, 0.15) is 42.3 Å². The van der Waals surface area contributed by atoms with Crippen LogP contribution in [0.4, 0.5) is 0 Å². The quantitative estimate of drug-likeness (QED) is 0.923. The minimum Gasteiger partial charge on any atom is -0.342 e. The molecule has 2 aliphatic rings. The fourth-order valence-corrected chi connectivity index (χ4v) is 4.09. The molecule has 0 unspecified atom stereocenters. The van der Waals surface area contributed by atoms with Crippen LogP contribution in [0.15, 0.2) is 24.3 Å². The van der Waals surface area contributed by atoms with Gasteiger partial charge >= 0.3 is 0 Å². The van der Waals surface area contributed by atoms with E-state index in [1.165, 1.54) is 11.1 Å². The predicted molar refractivity (Wildman–Crippen MR) is 91.6 cm³/mol. The van der Waals surface area contributed by atoms with Crippen LogP contribution in [0.2, 0.25) is 0 Å². The zero-order valence-electron chi connectivity index (χ0n) is 14.4. The maximum Gasteiger partial charge on any atom is 0.226 e.